The maximum Gasteiger partial charge on any atom is 0.416 e. The van der Waals surface area contributed by atoms with Crippen molar-refractivity contribution in [2.45, 2.75) is 38.3 Å². The van der Waals surface area contributed by atoms with Crippen LogP contribution in [0.3, 0.4) is 0 Å². The highest BCUT2D eigenvalue weighted by atomic mass is 19.4. The van der Waals surface area contributed by atoms with Crippen molar-refractivity contribution in [1.82, 2.24) is 9.55 Å². The molecule has 0 N–H and O–H groups in total. The number of ether oxygens (including phenoxy) is 2. The predicted octanol–water partition coefficient (Wildman–Crippen LogP) is 5.97. The third-order valence-corrected chi connectivity index (χ3v) is 5.67. The fraction of sp³-hybridized carbons (Fsp3) is 0.292. The molecule has 0 bridgehead atoms. The van der Waals surface area contributed by atoms with Crippen molar-refractivity contribution in [3.05, 3.63) is 72.1 Å². The molecule has 1 aliphatic heterocycles. The zero-order chi connectivity index (χ0) is 21.4. The van der Waals surface area contributed by atoms with Gasteiger partial charge in [0.2, 0.25) is 0 Å². The second-order valence-electron chi connectivity index (χ2n) is 7.74. The first-order valence-electron chi connectivity index (χ1n) is 10.3. The van der Waals surface area contributed by atoms with Gasteiger partial charge in [0.15, 0.2) is 0 Å². The van der Waals surface area contributed by atoms with E-state index in [9.17, 15) is 13.2 Å². The summed E-state index contributed by atoms with van der Waals surface area (Å²) in [7, 11) is 0. The Morgan fingerprint density at radius 1 is 1.06 bits per heavy atom. The van der Waals surface area contributed by atoms with Crippen molar-refractivity contribution >= 4 is 21.8 Å². The molecule has 1 fully saturated rings. The fourth-order valence-electron chi connectivity index (χ4n) is 4.13. The molecule has 0 amide bonds. The minimum atomic E-state index is -4.41. The third-order valence-electron chi connectivity index (χ3n) is 5.67. The maximum atomic E-state index is 13.2. The highest BCUT2D eigenvalue weighted by molar-refractivity contribution is 5.88. The number of hydrogen-bond donors (Lipinski definition) is 0. The van der Waals surface area contributed by atoms with Crippen LogP contribution in [0.25, 0.3) is 21.8 Å². The van der Waals surface area contributed by atoms with Gasteiger partial charge in [0.25, 0.3) is 0 Å². The van der Waals surface area contributed by atoms with E-state index >= 15 is 0 Å². The molecular weight excluding hydrogens is 405 g/mol. The normalized spacial score (nSPS) is 16.9. The lowest BCUT2D eigenvalue weighted by atomic mass is 10.1. The van der Waals surface area contributed by atoms with Gasteiger partial charge in [-0.05, 0) is 42.5 Å². The zero-order valence-electron chi connectivity index (χ0n) is 16.7. The molecule has 4 nitrogen and oxygen atoms in total. The first-order chi connectivity index (χ1) is 15.0. The summed E-state index contributed by atoms with van der Waals surface area (Å²) in [5.74, 6) is 1.29. The molecule has 1 atom stereocenters. The highest BCUT2D eigenvalue weighted by Crippen LogP contribution is 2.32. The second-order valence-corrected chi connectivity index (χ2v) is 7.74. The quantitative estimate of drug-likeness (QED) is 0.395. The molecule has 1 unspecified atom stereocenters. The molecule has 0 spiro atoms. The van der Waals surface area contributed by atoms with Crippen LogP contribution in [0.5, 0.6) is 5.75 Å². The fourth-order valence-corrected chi connectivity index (χ4v) is 4.13. The van der Waals surface area contributed by atoms with Crippen LogP contribution in [0, 0.1) is 0 Å². The minimum absolute atomic E-state index is 0.0241. The average molecular weight is 426 g/mol. The standard InChI is InChI=1S/C24H21F3N2O2/c25-24(26,27)17-10-11-21-20(13-17)28-23(29(21)14-18-7-4-12-30-18)15-31-22-9-3-6-16-5-1-2-8-19(16)22/h1-3,5-6,8-11,13,18H,4,7,12,14-15H2. The van der Waals surface area contributed by atoms with Gasteiger partial charge in [0, 0.05) is 12.0 Å². The van der Waals surface area contributed by atoms with Gasteiger partial charge >= 0.3 is 6.18 Å². The molecule has 7 heteroatoms. The molecule has 0 radical (unpaired) electrons. The Morgan fingerprint density at radius 2 is 1.90 bits per heavy atom. The van der Waals surface area contributed by atoms with Crippen LogP contribution in [-0.2, 0) is 24.1 Å². The number of alkyl halides is 3. The number of benzene rings is 3. The highest BCUT2D eigenvalue weighted by Gasteiger charge is 2.31. The Hall–Kier alpha value is -3.06. The van der Waals surface area contributed by atoms with E-state index in [-0.39, 0.29) is 12.7 Å². The van der Waals surface area contributed by atoms with E-state index in [2.05, 4.69) is 4.98 Å². The van der Waals surface area contributed by atoms with Gasteiger partial charge in [-0.3, -0.25) is 0 Å². The van der Waals surface area contributed by atoms with E-state index < -0.39 is 11.7 Å². The number of imidazole rings is 1. The Morgan fingerprint density at radius 3 is 2.71 bits per heavy atom. The van der Waals surface area contributed by atoms with Crippen molar-refractivity contribution < 1.29 is 22.6 Å². The summed E-state index contributed by atoms with van der Waals surface area (Å²) in [6.45, 7) is 1.39. The number of aromatic nitrogens is 2. The summed E-state index contributed by atoms with van der Waals surface area (Å²) >= 11 is 0. The minimum Gasteiger partial charge on any atom is -0.485 e. The first kappa shape index (κ1) is 19.9. The molecule has 5 rings (SSSR count). The number of hydrogen-bond acceptors (Lipinski definition) is 3. The van der Waals surface area contributed by atoms with Crippen LogP contribution in [0.15, 0.2) is 60.7 Å². The van der Waals surface area contributed by atoms with Crippen molar-refractivity contribution in [2.75, 3.05) is 6.61 Å². The summed E-state index contributed by atoms with van der Waals surface area (Å²) in [4.78, 5) is 4.51. The first-order valence-corrected chi connectivity index (χ1v) is 10.3. The van der Waals surface area contributed by atoms with Crippen molar-refractivity contribution in [2.24, 2.45) is 0 Å². The molecule has 31 heavy (non-hydrogen) atoms. The Labute approximate surface area is 177 Å². The molecule has 1 aliphatic rings. The van der Waals surface area contributed by atoms with Gasteiger partial charge in [0.05, 0.1) is 29.2 Å². The Bertz CT molecular complexity index is 1220. The van der Waals surface area contributed by atoms with Crippen molar-refractivity contribution in [3.63, 3.8) is 0 Å². The molecule has 0 saturated carbocycles. The molecule has 2 heterocycles. The Balaban J connectivity index is 1.51. The van der Waals surface area contributed by atoms with Gasteiger partial charge in [-0.15, -0.1) is 0 Å². The average Bonchev–Trinajstić information content (AvgIpc) is 3.39. The topological polar surface area (TPSA) is 36.3 Å². The molecule has 3 aromatic carbocycles. The molecule has 4 aromatic rings. The number of halogens is 3. The van der Waals surface area contributed by atoms with Crippen LogP contribution >= 0.6 is 0 Å². The van der Waals surface area contributed by atoms with E-state index in [1.807, 2.05) is 47.0 Å². The SMILES string of the molecule is FC(F)(F)c1ccc2c(c1)nc(COc1cccc3ccccc13)n2CC1CCCO1. The van der Waals surface area contributed by atoms with Crippen LogP contribution in [-0.4, -0.2) is 22.3 Å². The second kappa shape index (κ2) is 7.89. The lowest BCUT2D eigenvalue weighted by Crippen LogP contribution is -2.18. The van der Waals surface area contributed by atoms with Gasteiger partial charge in [-0.1, -0.05) is 36.4 Å². The molecule has 1 aromatic heterocycles. The number of nitrogens with zero attached hydrogens (tertiary/aromatic N) is 2. The largest absolute Gasteiger partial charge is 0.485 e. The number of fused-ring (bicyclic) bond motifs is 2. The van der Waals surface area contributed by atoms with E-state index in [0.29, 0.717) is 35.8 Å². The van der Waals surface area contributed by atoms with E-state index in [4.69, 9.17) is 9.47 Å². The summed E-state index contributed by atoms with van der Waals surface area (Å²) in [6.07, 6.45) is -2.48. The summed E-state index contributed by atoms with van der Waals surface area (Å²) < 4.78 is 53.3. The van der Waals surface area contributed by atoms with Crippen LogP contribution in [0.4, 0.5) is 13.2 Å². The summed E-state index contributed by atoms with van der Waals surface area (Å²) in [6, 6.07) is 17.4. The van der Waals surface area contributed by atoms with E-state index in [1.165, 1.54) is 6.07 Å². The predicted molar refractivity (Wildman–Crippen MR) is 112 cm³/mol. The van der Waals surface area contributed by atoms with Crippen LogP contribution < -0.4 is 4.74 Å². The van der Waals surface area contributed by atoms with Gasteiger partial charge in [-0.2, -0.15) is 13.2 Å². The molecule has 0 aliphatic carbocycles. The summed E-state index contributed by atoms with van der Waals surface area (Å²) in [5.41, 5.74) is 0.257. The number of rotatable bonds is 5. The zero-order valence-corrected chi connectivity index (χ0v) is 16.7. The summed E-state index contributed by atoms with van der Waals surface area (Å²) in [5, 5.41) is 2.04. The lowest BCUT2D eigenvalue weighted by Gasteiger charge is -2.15. The van der Waals surface area contributed by atoms with Crippen LogP contribution in [0.1, 0.15) is 24.2 Å². The van der Waals surface area contributed by atoms with Crippen molar-refractivity contribution in [1.29, 1.82) is 0 Å². The molecular formula is C24H21F3N2O2. The lowest BCUT2D eigenvalue weighted by molar-refractivity contribution is -0.137. The molecule has 160 valence electrons. The van der Waals surface area contributed by atoms with E-state index in [1.54, 1.807) is 0 Å². The third kappa shape index (κ3) is 3.97. The maximum absolute atomic E-state index is 13.2. The van der Waals surface area contributed by atoms with Crippen molar-refractivity contribution in [3.8, 4) is 5.75 Å². The molecule has 1 saturated heterocycles. The van der Waals surface area contributed by atoms with Gasteiger partial charge < -0.3 is 14.0 Å². The van der Waals surface area contributed by atoms with E-state index in [0.717, 1.165) is 35.7 Å². The monoisotopic (exact) mass is 426 g/mol. The van der Waals surface area contributed by atoms with Crippen LogP contribution in [0.2, 0.25) is 0 Å². The Kier molecular flexibility index (Phi) is 5.06. The van der Waals surface area contributed by atoms with Gasteiger partial charge in [0.1, 0.15) is 18.2 Å². The smallest absolute Gasteiger partial charge is 0.416 e. The van der Waals surface area contributed by atoms with Gasteiger partial charge in [-0.25, -0.2) is 4.98 Å².